The van der Waals surface area contributed by atoms with Crippen molar-refractivity contribution < 1.29 is 4.79 Å². The number of pyridine rings is 1. The average Bonchev–Trinajstić information content (AvgIpc) is 3.42. The summed E-state index contributed by atoms with van der Waals surface area (Å²) < 4.78 is 2.31. The van der Waals surface area contributed by atoms with Crippen molar-refractivity contribution in [1.29, 1.82) is 0 Å². The van der Waals surface area contributed by atoms with Crippen LogP contribution in [0.5, 0.6) is 0 Å². The number of thiocarbonyl (C=S) groups is 1. The lowest BCUT2D eigenvalue weighted by atomic mass is 9.96. The van der Waals surface area contributed by atoms with Crippen LogP contribution >= 0.6 is 12.2 Å². The van der Waals surface area contributed by atoms with E-state index in [1.807, 2.05) is 48.7 Å². The van der Waals surface area contributed by atoms with Crippen molar-refractivity contribution in [2.45, 2.75) is 52.6 Å². The smallest absolute Gasteiger partial charge is 0.226 e. The molecule has 39 heavy (non-hydrogen) atoms. The summed E-state index contributed by atoms with van der Waals surface area (Å²) in [6.07, 6.45) is 3.00. The van der Waals surface area contributed by atoms with Crippen LogP contribution < -0.4 is 10.6 Å². The maximum absolute atomic E-state index is 13.1. The molecule has 2 atom stereocenters. The van der Waals surface area contributed by atoms with Crippen molar-refractivity contribution in [1.82, 2.24) is 19.8 Å². The molecular weight excluding hydrogens is 502 g/mol. The molecule has 3 heterocycles. The van der Waals surface area contributed by atoms with Crippen LogP contribution in [0.3, 0.4) is 0 Å². The number of carbonyl (C=O) groups is 1. The quantitative estimate of drug-likeness (QED) is 0.256. The first-order valence-electron chi connectivity index (χ1n) is 13.5. The lowest BCUT2D eigenvalue weighted by Crippen LogP contribution is -2.33. The maximum atomic E-state index is 13.1. The third-order valence-corrected chi connectivity index (χ3v) is 7.95. The zero-order chi connectivity index (χ0) is 27.5. The normalized spacial score (nSPS) is 16.8. The summed E-state index contributed by atoms with van der Waals surface area (Å²) in [7, 11) is 0. The highest BCUT2D eigenvalue weighted by molar-refractivity contribution is 7.80. The Morgan fingerprint density at radius 3 is 2.51 bits per heavy atom. The number of nitrogens with zero attached hydrogens (tertiary/aromatic N) is 3. The predicted octanol–water partition coefficient (Wildman–Crippen LogP) is 6.36. The molecule has 1 saturated heterocycles. The SMILES string of the molecule is CCc1ccccc1NC(=O)CCN1C(=S)N[C@@H](c2ccccn2)[C@@H]1c1cc(C)n(-c2ccccc2C)c1C. The van der Waals surface area contributed by atoms with Gasteiger partial charge in [0.05, 0.1) is 17.8 Å². The van der Waals surface area contributed by atoms with Crippen molar-refractivity contribution in [2.24, 2.45) is 0 Å². The maximum Gasteiger partial charge on any atom is 0.226 e. The van der Waals surface area contributed by atoms with Gasteiger partial charge in [-0.25, -0.2) is 0 Å². The Morgan fingerprint density at radius 2 is 1.77 bits per heavy atom. The molecule has 1 aliphatic rings. The molecule has 1 fully saturated rings. The first-order chi connectivity index (χ1) is 18.9. The molecule has 0 aliphatic carbocycles. The van der Waals surface area contributed by atoms with E-state index >= 15 is 0 Å². The van der Waals surface area contributed by atoms with Crippen molar-refractivity contribution in [3.63, 3.8) is 0 Å². The van der Waals surface area contributed by atoms with E-state index in [1.165, 1.54) is 16.8 Å². The number of anilines is 1. The van der Waals surface area contributed by atoms with Crippen LogP contribution in [0, 0.1) is 20.8 Å². The summed E-state index contributed by atoms with van der Waals surface area (Å²) in [6, 6.07) is 24.4. The number of aromatic nitrogens is 2. The van der Waals surface area contributed by atoms with Gasteiger partial charge in [0, 0.05) is 41.9 Å². The Kier molecular flexibility index (Phi) is 7.79. The van der Waals surface area contributed by atoms with Crippen molar-refractivity contribution in [2.75, 3.05) is 11.9 Å². The number of amides is 1. The van der Waals surface area contributed by atoms with E-state index in [9.17, 15) is 4.79 Å². The Bertz CT molecular complexity index is 1500. The van der Waals surface area contributed by atoms with Gasteiger partial charge in [0.25, 0.3) is 0 Å². The average molecular weight is 538 g/mol. The summed E-state index contributed by atoms with van der Waals surface area (Å²) in [5, 5.41) is 7.26. The first-order valence-corrected chi connectivity index (χ1v) is 13.9. The van der Waals surface area contributed by atoms with E-state index < -0.39 is 0 Å². The first kappa shape index (κ1) is 26.6. The molecule has 0 spiro atoms. The van der Waals surface area contributed by atoms with Gasteiger partial charge in [-0.2, -0.15) is 0 Å². The molecule has 0 radical (unpaired) electrons. The third-order valence-electron chi connectivity index (χ3n) is 7.60. The van der Waals surface area contributed by atoms with Crippen LogP contribution in [-0.2, 0) is 11.2 Å². The molecular formula is C32H35N5OS. The van der Waals surface area contributed by atoms with Gasteiger partial charge in [-0.15, -0.1) is 0 Å². The van der Waals surface area contributed by atoms with Gasteiger partial charge in [0.15, 0.2) is 5.11 Å². The molecule has 6 nitrogen and oxygen atoms in total. The molecule has 4 aromatic rings. The Balaban J connectivity index is 1.47. The molecule has 2 N–H and O–H groups in total. The Labute approximate surface area is 236 Å². The summed E-state index contributed by atoms with van der Waals surface area (Å²) in [4.78, 5) is 19.9. The predicted molar refractivity (Wildman–Crippen MR) is 161 cm³/mol. The number of aryl methyl sites for hydroxylation is 3. The fourth-order valence-corrected chi connectivity index (χ4v) is 5.97. The van der Waals surface area contributed by atoms with Crippen molar-refractivity contribution >= 4 is 28.9 Å². The van der Waals surface area contributed by atoms with E-state index in [2.05, 4.69) is 83.1 Å². The summed E-state index contributed by atoms with van der Waals surface area (Å²) in [5.74, 6) is -0.0240. The monoisotopic (exact) mass is 537 g/mol. The number of nitrogens with one attached hydrogen (secondary N) is 2. The second-order valence-corrected chi connectivity index (χ2v) is 10.5. The van der Waals surface area contributed by atoms with Gasteiger partial charge in [0.2, 0.25) is 5.91 Å². The number of benzene rings is 2. The standard InChI is InChI=1S/C32H35N5OS/c1-5-24-13-7-8-14-26(24)34-29(38)17-19-36-31(30(35-32(36)39)27-15-10-11-18-33-27)25-20-22(3)37(23(25)4)28-16-9-6-12-21(28)2/h6-16,18,20,30-31H,5,17,19H2,1-4H3,(H,34,38)(H,35,39)/t30-,31-/m0/s1. The van der Waals surface area contributed by atoms with Gasteiger partial charge >= 0.3 is 0 Å². The number of hydrogen-bond donors (Lipinski definition) is 2. The van der Waals surface area contributed by atoms with E-state index in [0.717, 1.165) is 34.8 Å². The van der Waals surface area contributed by atoms with Gasteiger partial charge in [-0.05, 0) is 86.4 Å². The topological polar surface area (TPSA) is 62.2 Å². The lowest BCUT2D eigenvalue weighted by molar-refractivity contribution is -0.116. The van der Waals surface area contributed by atoms with Crippen LogP contribution in [0.15, 0.2) is 79.0 Å². The fourth-order valence-electron chi connectivity index (χ4n) is 5.64. The molecule has 7 heteroatoms. The fraction of sp³-hybridized carbons (Fsp3) is 0.281. The molecule has 2 aromatic heterocycles. The van der Waals surface area contributed by atoms with E-state index in [0.29, 0.717) is 18.1 Å². The highest BCUT2D eigenvalue weighted by atomic mass is 32.1. The molecule has 0 saturated carbocycles. The summed E-state index contributed by atoms with van der Waals surface area (Å²) in [6.45, 7) is 9.03. The molecule has 5 rings (SSSR count). The molecule has 1 amide bonds. The van der Waals surface area contributed by atoms with Crippen LogP contribution in [-0.4, -0.2) is 32.0 Å². The largest absolute Gasteiger partial charge is 0.352 e. The zero-order valence-electron chi connectivity index (χ0n) is 22.9. The van der Waals surface area contributed by atoms with Gasteiger partial charge < -0.3 is 20.1 Å². The summed E-state index contributed by atoms with van der Waals surface area (Å²) in [5.41, 5.74) is 8.80. The number of para-hydroxylation sites is 2. The molecule has 2 aromatic carbocycles. The molecule has 1 aliphatic heterocycles. The molecule has 0 bridgehead atoms. The minimum absolute atomic E-state index is 0.0240. The van der Waals surface area contributed by atoms with Crippen LogP contribution in [0.25, 0.3) is 5.69 Å². The van der Waals surface area contributed by atoms with E-state index in [4.69, 9.17) is 12.2 Å². The van der Waals surface area contributed by atoms with Crippen molar-refractivity contribution in [3.05, 3.63) is 113 Å². The van der Waals surface area contributed by atoms with E-state index in [-0.39, 0.29) is 18.0 Å². The van der Waals surface area contributed by atoms with Gasteiger partial charge in [-0.3, -0.25) is 9.78 Å². The number of carbonyl (C=O) groups excluding carboxylic acids is 1. The van der Waals surface area contributed by atoms with Gasteiger partial charge in [-0.1, -0.05) is 49.4 Å². The summed E-state index contributed by atoms with van der Waals surface area (Å²) >= 11 is 5.86. The highest BCUT2D eigenvalue weighted by Gasteiger charge is 2.41. The Morgan fingerprint density at radius 1 is 1.03 bits per heavy atom. The van der Waals surface area contributed by atoms with Crippen LogP contribution in [0.1, 0.15) is 59.2 Å². The minimum atomic E-state index is -0.131. The molecule has 0 unspecified atom stereocenters. The van der Waals surface area contributed by atoms with Crippen LogP contribution in [0.2, 0.25) is 0 Å². The number of hydrogen-bond acceptors (Lipinski definition) is 3. The third kappa shape index (κ3) is 5.32. The highest BCUT2D eigenvalue weighted by Crippen LogP contribution is 2.41. The minimum Gasteiger partial charge on any atom is -0.352 e. The second kappa shape index (κ2) is 11.4. The Hall–Kier alpha value is -3.97. The van der Waals surface area contributed by atoms with Crippen molar-refractivity contribution in [3.8, 4) is 5.69 Å². The van der Waals surface area contributed by atoms with Gasteiger partial charge in [0.1, 0.15) is 0 Å². The van der Waals surface area contributed by atoms with Crippen LogP contribution in [0.4, 0.5) is 5.69 Å². The van der Waals surface area contributed by atoms with E-state index in [1.54, 1.807) is 0 Å². The lowest BCUT2D eigenvalue weighted by Gasteiger charge is -2.28. The molecule has 200 valence electrons. The number of rotatable bonds is 8. The zero-order valence-corrected chi connectivity index (χ0v) is 23.8. The second-order valence-electron chi connectivity index (χ2n) is 10.1.